The second-order valence-electron chi connectivity index (χ2n) is 3.01. The highest BCUT2D eigenvalue weighted by Crippen LogP contribution is 2.03. The number of carboxylic acid groups (broad SMARTS) is 1. The molecule has 0 aromatic heterocycles. The summed E-state index contributed by atoms with van der Waals surface area (Å²) in [7, 11) is -2.75. The Labute approximate surface area is 99.4 Å². The smallest absolute Gasteiger partial charge is 0.318 e. The van der Waals surface area contributed by atoms with Crippen LogP contribution < -0.4 is 0 Å². The summed E-state index contributed by atoms with van der Waals surface area (Å²) in [6.45, 7) is -1.08. The number of aliphatic carboxylic acids is 1. The van der Waals surface area contributed by atoms with Gasteiger partial charge >= 0.3 is 11.9 Å². The van der Waals surface area contributed by atoms with Crippen LogP contribution in [-0.2, 0) is 24.3 Å². The summed E-state index contributed by atoms with van der Waals surface area (Å²) in [6.07, 6.45) is 4.60. The Hall–Kier alpha value is -1.59. The van der Waals surface area contributed by atoms with Gasteiger partial charge in [-0.25, -0.2) is 8.42 Å². The van der Waals surface area contributed by atoms with Crippen molar-refractivity contribution >= 4 is 22.0 Å². The number of hydrogen-bond acceptors (Lipinski definition) is 5. The first-order valence-electron chi connectivity index (χ1n) is 4.53. The fourth-order valence-corrected chi connectivity index (χ4v) is 2.21. The molecule has 0 bridgehead atoms. The molecule has 0 saturated carbocycles. The third-order valence-electron chi connectivity index (χ3n) is 1.76. The summed E-state index contributed by atoms with van der Waals surface area (Å²) in [5, 5.41) is 8.53. The zero-order chi connectivity index (χ0) is 13.5. The van der Waals surface area contributed by atoms with Gasteiger partial charge in [-0.1, -0.05) is 5.92 Å². The van der Waals surface area contributed by atoms with E-state index in [1.807, 2.05) is 5.92 Å². The fraction of sp³-hybridized carbons (Fsp3) is 0.556. The molecule has 0 heterocycles. The molecule has 0 aliphatic rings. The molecule has 0 amide bonds. The summed E-state index contributed by atoms with van der Waals surface area (Å²) in [4.78, 5) is 21.3. The van der Waals surface area contributed by atoms with Crippen molar-refractivity contribution < 1.29 is 27.9 Å². The number of carboxylic acids is 1. The van der Waals surface area contributed by atoms with Crippen LogP contribution in [0.2, 0.25) is 0 Å². The molecule has 7 nitrogen and oxygen atoms in total. The highest BCUT2D eigenvalue weighted by atomic mass is 32.2. The second-order valence-corrected chi connectivity index (χ2v) is 5.10. The largest absolute Gasteiger partial charge is 0.480 e. The van der Waals surface area contributed by atoms with E-state index < -0.39 is 34.3 Å². The number of esters is 1. The molecule has 0 aliphatic heterocycles. The highest BCUT2D eigenvalue weighted by Gasteiger charge is 2.24. The fourth-order valence-electron chi connectivity index (χ4n) is 0.949. The molecule has 0 aliphatic carbocycles. The van der Waals surface area contributed by atoms with Crippen LogP contribution in [0, 0.1) is 12.3 Å². The number of rotatable bonds is 7. The molecule has 0 unspecified atom stereocenters. The quantitative estimate of drug-likeness (QED) is 0.462. The predicted molar refractivity (Wildman–Crippen MR) is 58.5 cm³/mol. The topological polar surface area (TPSA) is 101 Å². The number of hydrogen-bond donors (Lipinski definition) is 1. The first-order chi connectivity index (χ1) is 7.83. The van der Waals surface area contributed by atoms with Gasteiger partial charge in [-0.2, -0.15) is 4.31 Å². The lowest BCUT2D eigenvalue weighted by Gasteiger charge is -2.17. The minimum Gasteiger partial charge on any atom is -0.480 e. The normalized spacial score (nSPS) is 10.9. The van der Waals surface area contributed by atoms with E-state index in [1.165, 1.54) is 0 Å². The van der Waals surface area contributed by atoms with Crippen LogP contribution in [0.4, 0.5) is 0 Å². The molecule has 0 radical (unpaired) electrons. The van der Waals surface area contributed by atoms with Crippen LogP contribution in [0.15, 0.2) is 0 Å². The summed E-state index contributed by atoms with van der Waals surface area (Å²) in [5.74, 6) is -0.493. The number of sulfonamides is 1. The van der Waals surface area contributed by atoms with Gasteiger partial charge in [-0.3, -0.25) is 9.59 Å². The van der Waals surface area contributed by atoms with Gasteiger partial charge in [-0.05, 0) is 0 Å². The summed E-state index contributed by atoms with van der Waals surface area (Å²) in [5.41, 5.74) is 0. The van der Waals surface area contributed by atoms with Crippen LogP contribution in [-0.4, -0.2) is 55.7 Å². The Bertz CT molecular complexity index is 421. The molecule has 0 spiro atoms. The molecule has 8 heteroatoms. The van der Waals surface area contributed by atoms with E-state index in [1.54, 1.807) is 0 Å². The Morgan fingerprint density at radius 1 is 1.47 bits per heavy atom. The van der Waals surface area contributed by atoms with Gasteiger partial charge in [0.15, 0.2) is 0 Å². The van der Waals surface area contributed by atoms with Crippen molar-refractivity contribution in [2.24, 2.45) is 0 Å². The van der Waals surface area contributed by atoms with E-state index in [-0.39, 0.29) is 13.0 Å². The van der Waals surface area contributed by atoms with Crippen molar-refractivity contribution in [3.05, 3.63) is 0 Å². The van der Waals surface area contributed by atoms with Crippen LogP contribution in [0.3, 0.4) is 0 Å². The average Bonchev–Trinajstić information content (AvgIpc) is 2.25. The lowest BCUT2D eigenvalue weighted by atomic mass is 10.5. The number of methoxy groups -OCH3 is 1. The van der Waals surface area contributed by atoms with E-state index in [0.717, 1.165) is 7.11 Å². The minimum absolute atomic E-state index is 0.348. The SMILES string of the molecule is C#CCN(CC(=O)O)S(=O)(=O)CCC(=O)OC. The monoisotopic (exact) mass is 263 g/mol. The molecule has 17 heavy (non-hydrogen) atoms. The van der Waals surface area contributed by atoms with Crippen molar-refractivity contribution in [3.63, 3.8) is 0 Å². The van der Waals surface area contributed by atoms with Crippen LogP contribution in [0.1, 0.15) is 6.42 Å². The molecule has 1 N–H and O–H groups in total. The number of terminal acetylenes is 1. The Kier molecular flexibility index (Phi) is 6.23. The summed E-state index contributed by atoms with van der Waals surface area (Å²) >= 11 is 0. The maximum atomic E-state index is 11.6. The number of carbonyl (C=O) groups excluding carboxylic acids is 1. The zero-order valence-electron chi connectivity index (χ0n) is 9.25. The van der Waals surface area contributed by atoms with Gasteiger partial charge in [0, 0.05) is 0 Å². The molecule has 0 aromatic rings. The molecule has 0 rings (SSSR count). The maximum Gasteiger partial charge on any atom is 0.318 e. The van der Waals surface area contributed by atoms with Crippen LogP contribution in [0.25, 0.3) is 0 Å². The number of nitrogens with zero attached hydrogens (tertiary/aromatic N) is 1. The van der Waals surface area contributed by atoms with E-state index in [9.17, 15) is 18.0 Å². The third-order valence-corrected chi connectivity index (χ3v) is 3.53. The van der Waals surface area contributed by atoms with Crippen molar-refractivity contribution in [3.8, 4) is 12.3 Å². The van der Waals surface area contributed by atoms with Crippen LogP contribution in [0.5, 0.6) is 0 Å². The summed E-state index contributed by atoms with van der Waals surface area (Å²) < 4.78 is 28.2. The average molecular weight is 263 g/mol. The molecule has 0 aromatic carbocycles. The molecular weight excluding hydrogens is 250 g/mol. The number of ether oxygens (including phenoxy) is 1. The van der Waals surface area contributed by atoms with Gasteiger partial charge in [0.1, 0.15) is 6.54 Å². The first-order valence-corrected chi connectivity index (χ1v) is 6.14. The lowest BCUT2D eigenvalue weighted by molar-refractivity contribution is -0.140. The van der Waals surface area contributed by atoms with Gasteiger partial charge in [0.05, 0.1) is 25.8 Å². The van der Waals surface area contributed by atoms with Gasteiger partial charge in [-0.15, -0.1) is 6.42 Å². The van der Waals surface area contributed by atoms with E-state index >= 15 is 0 Å². The lowest BCUT2D eigenvalue weighted by Crippen LogP contribution is -2.38. The summed E-state index contributed by atoms with van der Waals surface area (Å²) in [6, 6.07) is 0. The minimum atomic E-state index is -3.88. The van der Waals surface area contributed by atoms with Gasteiger partial charge in [0.2, 0.25) is 10.0 Å². The predicted octanol–water partition coefficient (Wildman–Crippen LogP) is -1.10. The Balaban J connectivity index is 4.67. The first kappa shape index (κ1) is 15.4. The maximum absolute atomic E-state index is 11.6. The zero-order valence-corrected chi connectivity index (χ0v) is 10.1. The van der Waals surface area contributed by atoms with Gasteiger partial charge in [0.25, 0.3) is 0 Å². The van der Waals surface area contributed by atoms with Gasteiger partial charge < -0.3 is 9.84 Å². The highest BCUT2D eigenvalue weighted by molar-refractivity contribution is 7.89. The van der Waals surface area contributed by atoms with E-state index in [2.05, 4.69) is 4.74 Å². The van der Waals surface area contributed by atoms with Crippen molar-refractivity contribution in [2.75, 3.05) is 26.0 Å². The molecule has 0 atom stereocenters. The number of carbonyl (C=O) groups is 2. The van der Waals surface area contributed by atoms with Crippen molar-refractivity contribution in [1.29, 1.82) is 0 Å². The molecular formula is C9H13NO6S. The van der Waals surface area contributed by atoms with Crippen LogP contribution >= 0.6 is 0 Å². The molecule has 0 fully saturated rings. The van der Waals surface area contributed by atoms with Crippen molar-refractivity contribution in [1.82, 2.24) is 4.31 Å². The Morgan fingerprint density at radius 2 is 2.06 bits per heavy atom. The van der Waals surface area contributed by atoms with E-state index in [0.29, 0.717) is 4.31 Å². The van der Waals surface area contributed by atoms with E-state index in [4.69, 9.17) is 11.5 Å². The second kappa shape index (κ2) is 6.88. The standard InChI is InChI=1S/C9H13NO6S/c1-3-5-10(7-8(11)12)17(14,15)6-4-9(13)16-2/h1H,4-7H2,2H3,(H,11,12). The van der Waals surface area contributed by atoms with Crippen molar-refractivity contribution in [2.45, 2.75) is 6.42 Å². The Morgan fingerprint density at radius 3 is 2.47 bits per heavy atom. The molecule has 0 saturated heterocycles. The molecule has 96 valence electrons. The third kappa shape index (κ3) is 5.89.